The van der Waals surface area contributed by atoms with Gasteiger partial charge in [-0.2, -0.15) is 5.26 Å². The van der Waals surface area contributed by atoms with Gasteiger partial charge in [-0.05, 0) is 17.2 Å². The topological polar surface area (TPSA) is 61.1 Å². The Kier molecular flexibility index (Phi) is 4.31. The number of carboxylic acids is 1. The third-order valence-electron chi connectivity index (χ3n) is 3.00. The Morgan fingerprint density at radius 1 is 1.00 bits per heavy atom. The van der Waals surface area contributed by atoms with E-state index in [1.165, 1.54) is 6.08 Å². The summed E-state index contributed by atoms with van der Waals surface area (Å²) in [5.74, 6) is -1.45. The Morgan fingerprint density at radius 3 is 1.80 bits per heavy atom. The molecule has 0 heterocycles. The summed E-state index contributed by atoms with van der Waals surface area (Å²) in [5.41, 5.74) is 1.66. The molecular weight excluding hydrogens is 250 g/mol. The van der Waals surface area contributed by atoms with Gasteiger partial charge in [0.05, 0.1) is 0 Å². The van der Waals surface area contributed by atoms with E-state index in [-0.39, 0.29) is 11.5 Å². The second-order valence-corrected chi connectivity index (χ2v) is 4.30. The molecule has 20 heavy (non-hydrogen) atoms. The van der Waals surface area contributed by atoms with Crippen molar-refractivity contribution in [2.24, 2.45) is 0 Å². The predicted octanol–water partition coefficient (Wildman–Crippen LogP) is 3.35. The fraction of sp³-hybridized carbons (Fsp3) is 0.0588. The number of rotatable bonds is 4. The van der Waals surface area contributed by atoms with Gasteiger partial charge in [0.2, 0.25) is 0 Å². The lowest BCUT2D eigenvalue weighted by molar-refractivity contribution is -0.132. The molecule has 1 N–H and O–H groups in total. The molecule has 2 aromatic rings. The monoisotopic (exact) mass is 263 g/mol. The molecule has 0 radical (unpaired) electrons. The Hall–Kier alpha value is -2.86. The SMILES string of the molecule is N#C/C(=C\C(c1ccccc1)c1ccccc1)C(=O)O. The highest BCUT2D eigenvalue weighted by Crippen LogP contribution is 2.27. The maximum absolute atomic E-state index is 11.0. The van der Waals surface area contributed by atoms with Crippen LogP contribution in [0.1, 0.15) is 17.0 Å². The molecule has 0 amide bonds. The van der Waals surface area contributed by atoms with E-state index in [9.17, 15) is 4.79 Å². The first-order valence-electron chi connectivity index (χ1n) is 6.17. The van der Waals surface area contributed by atoms with Crippen LogP contribution in [0.25, 0.3) is 0 Å². The van der Waals surface area contributed by atoms with E-state index in [1.807, 2.05) is 60.7 Å². The van der Waals surface area contributed by atoms with Gasteiger partial charge in [-0.25, -0.2) is 4.79 Å². The zero-order chi connectivity index (χ0) is 14.4. The van der Waals surface area contributed by atoms with Gasteiger partial charge in [0, 0.05) is 5.92 Å². The summed E-state index contributed by atoms with van der Waals surface area (Å²) in [7, 11) is 0. The standard InChI is InChI=1S/C17H13NO2/c18-12-15(17(19)20)11-16(13-7-3-1-4-8-13)14-9-5-2-6-10-14/h1-11,16H,(H,19,20)/b15-11+. The molecule has 0 aromatic heterocycles. The van der Waals surface area contributed by atoms with Crippen molar-refractivity contribution in [2.75, 3.05) is 0 Å². The van der Waals surface area contributed by atoms with E-state index >= 15 is 0 Å². The average molecular weight is 263 g/mol. The first-order valence-corrected chi connectivity index (χ1v) is 6.17. The van der Waals surface area contributed by atoms with Gasteiger partial charge in [-0.1, -0.05) is 60.7 Å². The van der Waals surface area contributed by atoms with Crippen molar-refractivity contribution in [3.05, 3.63) is 83.4 Å². The van der Waals surface area contributed by atoms with Gasteiger partial charge in [0.15, 0.2) is 0 Å². The highest BCUT2D eigenvalue weighted by Gasteiger charge is 2.15. The zero-order valence-corrected chi connectivity index (χ0v) is 10.7. The van der Waals surface area contributed by atoms with E-state index in [1.54, 1.807) is 6.07 Å². The zero-order valence-electron chi connectivity index (χ0n) is 10.7. The minimum Gasteiger partial charge on any atom is -0.477 e. The minimum atomic E-state index is -1.20. The molecule has 0 bridgehead atoms. The molecule has 0 saturated carbocycles. The van der Waals surface area contributed by atoms with Crippen molar-refractivity contribution < 1.29 is 9.90 Å². The van der Waals surface area contributed by atoms with Gasteiger partial charge >= 0.3 is 5.97 Å². The fourth-order valence-electron chi connectivity index (χ4n) is 2.03. The van der Waals surface area contributed by atoms with Gasteiger partial charge in [0.1, 0.15) is 11.6 Å². The molecule has 0 atom stereocenters. The van der Waals surface area contributed by atoms with Crippen LogP contribution >= 0.6 is 0 Å². The van der Waals surface area contributed by atoms with Gasteiger partial charge in [0.25, 0.3) is 0 Å². The van der Waals surface area contributed by atoms with Gasteiger partial charge in [-0.3, -0.25) is 0 Å². The quantitative estimate of drug-likeness (QED) is 0.679. The lowest BCUT2D eigenvalue weighted by Crippen LogP contribution is -2.04. The van der Waals surface area contributed by atoms with Gasteiger partial charge < -0.3 is 5.11 Å². The van der Waals surface area contributed by atoms with Crippen LogP contribution in [0.15, 0.2) is 72.3 Å². The number of carboxylic acid groups (broad SMARTS) is 1. The van der Waals surface area contributed by atoms with Crippen molar-refractivity contribution >= 4 is 5.97 Å². The van der Waals surface area contributed by atoms with Crippen LogP contribution in [0.4, 0.5) is 0 Å². The molecule has 0 saturated heterocycles. The Bertz CT molecular complexity index is 615. The number of aliphatic carboxylic acids is 1. The van der Waals surface area contributed by atoms with Crippen LogP contribution in [0.5, 0.6) is 0 Å². The van der Waals surface area contributed by atoms with Crippen molar-refractivity contribution in [1.29, 1.82) is 5.26 Å². The largest absolute Gasteiger partial charge is 0.477 e. The van der Waals surface area contributed by atoms with E-state index < -0.39 is 5.97 Å². The molecule has 2 aromatic carbocycles. The molecule has 2 rings (SSSR count). The van der Waals surface area contributed by atoms with E-state index in [2.05, 4.69) is 0 Å². The summed E-state index contributed by atoms with van der Waals surface area (Å²) >= 11 is 0. The molecule has 0 aliphatic rings. The Balaban J connectivity index is 2.52. The van der Waals surface area contributed by atoms with Crippen molar-refractivity contribution in [3.63, 3.8) is 0 Å². The maximum atomic E-state index is 11.0. The second-order valence-electron chi connectivity index (χ2n) is 4.30. The minimum absolute atomic E-state index is 0.247. The Morgan fingerprint density at radius 2 is 1.45 bits per heavy atom. The van der Waals surface area contributed by atoms with E-state index in [4.69, 9.17) is 10.4 Å². The van der Waals surface area contributed by atoms with Crippen LogP contribution in [-0.2, 0) is 4.79 Å². The highest BCUT2D eigenvalue weighted by molar-refractivity contribution is 5.91. The Labute approximate surface area is 117 Å². The number of allylic oxidation sites excluding steroid dienone is 1. The molecule has 0 unspecified atom stereocenters. The smallest absolute Gasteiger partial charge is 0.346 e. The average Bonchev–Trinajstić information content (AvgIpc) is 2.50. The summed E-state index contributed by atoms with van der Waals surface area (Å²) in [6.07, 6.45) is 1.49. The van der Waals surface area contributed by atoms with E-state index in [0.29, 0.717) is 0 Å². The summed E-state index contributed by atoms with van der Waals surface area (Å²) in [5, 5.41) is 18.0. The lowest BCUT2D eigenvalue weighted by atomic mass is 9.89. The second kappa shape index (κ2) is 6.35. The summed E-state index contributed by atoms with van der Waals surface area (Å²) in [6, 6.07) is 20.8. The molecular formula is C17H13NO2. The summed E-state index contributed by atoms with van der Waals surface area (Å²) in [4.78, 5) is 11.0. The van der Waals surface area contributed by atoms with Crippen LogP contribution in [0, 0.1) is 11.3 Å². The van der Waals surface area contributed by atoms with Crippen molar-refractivity contribution in [3.8, 4) is 6.07 Å². The normalized spacial score (nSPS) is 11.1. The molecule has 3 nitrogen and oxygen atoms in total. The maximum Gasteiger partial charge on any atom is 0.346 e. The first-order chi connectivity index (χ1) is 9.72. The third kappa shape index (κ3) is 3.12. The number of hydrogen-bond donors (Lipinski definition) is 1. The number of nitrogens with zero attached hydrogens (tertiary/aromatic N) is 1. The van der Waals surface area contributed by atoms with E-state index in [0.717, 1.165) is 11.1 Å². The van der Waals surface area contributed by atoms with Crippen LogP contribution in [0.3, 0.4) is 0 Å². The molecule has 0 spiro atoms. The summed E-state index contributed by atoms with van der Waals surface area (Å²) < 4.78 is 0. The fourth-order valence-corrected chi connectivity index (χ4v) is 2.03. The van der Waals surface area contributed by atoms with Crippen molar-refractivity contribution in [2.45, 2.75) is 5.92 Å². The van der Waals surface area contributed by atoms with Crippen LogP contribution in [-0.4, -0.2) is 11.1 Å². The molecule has 0 fully saturated rings. The number of nitriles is 1. The van der Waals surface area contributed by atoms with Crippen LogP contribution < -0.4 is 0 Å². The summed E-state index contributed by atoms with van der Waals surface area (Å²) in [6.45, 7) is 0. The molecule has 0 aliphatic carbocycles. The predicted molar refractivity (Wildman–Crippen MR) is 76.1 cm³/mol. The van der Waals surface area contributed by atoms with Gasteiger partial charge in [-0.15, -0.1) is 0 Å². The number of hydrogen-bond acceptors (Lipinski definition) is 2. The first kappa shape index (κ1) is 13.6. The highest BCUT2D eigenvalue weighted by atomic mass is 16.4. The lowest BCUT2D eigenvalue weighted by Gasteiger charge is -2.14. The van der Waals surface area contributed by atoms with Crippen molar-refractivity contribution in [1.82, 2.24) is 0 Å². The number of benzene rings is 2. The van der Waals surface area contributed by atoms with Crippen LogP contribution in [0.2, 0.25) is 0 Å². The molecule has 0 aliphatic heterocycles. The third-order valence-corrected chi connectivity index (χ3v) is 3.00. The molecule has 3 heteroatoms. The molecule has 98 valence electrons. The number of carbonyl (C=O) groups is 1.